The largest absolute Gasteiger partial charge is 0.496 e. The number of carbonyl (C=O) groups excluding carboxylic acids is 2. The summed E-state index contributed by atoms with van der Waals surface area (Å²) in [4.78, 5) is 26.8. The molecule has 2 amide bonds. The van der Waals surface area contributed by atoms with Gasteiger partial charge in [-0.25, -0.2) is 4.39 Å². The van der Waals surface area contributed by atoms with Gasteiger partial charge < -0.3 is 15.0 Å². The summed E-state index contributed by atoms with van der Waals surface area (Å²) in [6.45, 7) is 1.15. The molecule has 0 spiro atoms. The second kappa shape index (κ2) is 9.19. The molecule has 1 saturated heterocycles. The normalized spacial score (nSPS) is 14.6. The number of benzene rings is 2. The molecule has 0 bridgehead atoms. The van der Waals surface area contributed by atoms with Gasteiger partial charge in [0, 0.05) is 29.2 Å². The Morgan fingerprint density at radius 2 is 1.93 bits per heavy atom. The van der Waals surface area contributed by atoms with Crippen LogP contribution in [0.15, 0.2) is 46.9 Å². The van der Waals surface area contributed by atoms with E-state index >= 15 is 0 Å². The minimum Gasteiger partial charge on any atom is -0.496 e. The number of carbonyl (C=O) groups is 2. The number of nitrogens with zero attached hydrogens (tertiary/aromatic N) is 1. The molecule has 0 aliphatic carbocycles. The predicted molar refractivity (Wildman–Crippen MR) is 108 cm³/mol. The molecule has 2 aromatic rings. The van der Waals surface area contributed by atoms with Gasteiger partial charge in [0.1, 0.15) is 11.6 Å². The molecule has 1 fully saturated rings. The predicted octanol–water partition coefficient (Wildman–Crippen LogP) is 3.56. The lowest BCUT2D eigenvalue weighted by atomic mass is 10.0. The summed E-state index contributed by atoms with van der Waals surface area (Å²) in [5.74, 6) is -0.0175. The van der Waals surface area contributed by atoms with Gasteiger partial charge in [0.25, 0.3) is 5.91 Å². The van der Waals surface area contributed by atoms with Crippen LogP contribution in [0.3, 0.4) is 0 Å². The molecule has 1 aliphatic rings. The maximum atomic E-state index is 13.4. The van der Waals surface area contributed by atoms with Crippen molar-refractivity contribution in [2.45, 2.75) is 25.3 Å². The molecule has 0 unspecified atom stereocenters. The number of hydrogen-bond donors (Lipinski definition) is 1. The van der Waals surface area contributed by atoms with Crippen LogP contribution < -0.4 is 10.1 Å². The molecule has 5 nitrogen and oxygen atoms in total. The van der Waals surface area contributed by atoms with E-state index in [-0.39, 0.29) is 29.8 Å². The van der Waals surface area contributed by atoms with Gasteiger partial charge >= 0.3 is 0 Å². The number of methoxy groups -OCH3 is 1. The fourth-order valence-electron chi connectivity index (χ4n) is 3.33. The molecule has 28 heavy (non-hydrogen) atoms. The number of likely N-dealkylation sites (tertiary alicyclic amines) is 1. The van der Waals surface area contributed by atoms with Crippen LogP contribution in [-0.2, 0) is 11.2 Å². The van der Waals surface area contributed by atoms with Crippen molar-refractivity contribution in [1.29, 1.82) is 0 Å². The second-order valence-electron chi connectivity index (χ2n) is 6.74. The monoisotopic (exact) mass is 448 g/mol. The van der Waals surface area contributed by atoms with Gasteiger partial charge in [-0.3, -0.25) is 9.59 Å². The molecule has 7 heteroatoms. The van der Waals surface area contributed by atoms with Crippen LogP contribution in [0.5, 0.6) is 5.75 Å². The first-order chi connectivity index (χ1) is 13.5. The topological polar surface area (TPSA) is 58.6 Å². The summed E-state index contributed by atoms with van der Waals surface area (Å²) in [6, 6.07) is 11.5. The Bertz CT molecular complexity index is 866. The van der Waals surface area contributed by atoms with Gasteiger partial charge in [0.15, 0.2) is 0 Å². The molecule has 3 rings (SSSR count). The zero-order chi connectivity index (χ0) is 20.1. The third-order valence-corrected chi connectivity index (χ3v) is 5.58. The van der Waals surface area contributed by atoms with Gasteiger partial charge in [0.2, 0.25) is 5.91 Å². The van der Waals surface area contributed by atoms with Crippen LogP contribution in [-0.4, -0.2) is 43.0 Å². The van der Waals surface area contributed by atoms with Gasteiger partial charge in [-0.2, -0.15) is 0 Å². The quantitative estimate of drug-likeness (QED) is 0.760. The highest BCUT2D eigenvalue weighted by Crippen LogP contribution is 2.21. The minimum atomic E-state index is -0.454. The van der Waals surface area contributed by atoms with Crippen LogP contribution >= 0.6 is 15.9 Å². The maximum absolute atomic E-state index is 13.4. The van der Waals surface area contributed by atoms with Crippen LogP contribution in [0.4, 0.5) is 4.39 Å². The average Bonchev–Trinajstić information content (AvgIpc) is 2.70. The van der Waals surface area contributed by atoms with Crippen LogP contribution in [0, 0.1) is 5.82 Å². The van der Waals surface area contributed by atoms with Crippen LogP contribution in [0.25, 0.3) is 0 Å². The van der Waals surface area contributed by atoms with E-state index in [9.17, 15) is 14.0 Å². The first-order valence-corrected chi connectivity index (χ1v) is 9.93. The number of piperidine rings is 1. The number of hydrogen-bond acceptors (Lipinski definition) is 3. The second-order valence-corrected chi connectivity index (χ2v) is 7.60. The smallest absolute Gasteiger partial charge is 0.252 e. The van der Waals surface area contributed by atoms with Crippen molar-refractivity contribution in [3.8, 4) is 5.75 Å². The van der Waals surface area contributed by atoms with Crippen molar-refractivity contribution >= 4 is 27.7 Å². The van der Waals surface area contributed by atoms with Crippen molar-refractivity contribution in [2.75, 3.05) is 20.2 Å². The van der Waals surface area contributed by atoms with E-state index in [2.05, 4.69) is 21.2 Å². The highest BCUT2D eigenvalue weighted by molar-refractivity contribution is 9.10. The lowest BCUT2D eigenvalue weighted by Gasteiger charge is -2.32. The standard InChI is InChI=1S/C21H22BrFN2O3/c1-28-19-5-3-2-4-14(19)12-20(26)25-10-8-16(9-11-25)24-21(27)17-13-15(23)6-7-18(17)22/h2-7,13,16H,8-12H2,1H3,(H,24,27). The molecule has 2 aromatic carbocycles. The van der Waals surface area contributed by atoms with Crippen LogP contribution in [0.2, 0.25) is 0 Å². The Labute approximate surface area is 172 Å². The fourth-order valence-corrected chi connectivity index (χ4v) is 3.76. The molecular formula is C21H22BrFN2O3. The minimum absolute atomic E-state index is 0.0435. The first-order valence-electron chi connectivity index (χ1n) is 9.13. The van der Waals surface area contributed by atoms with Crippen LogP contribution in [0.1, 0.15) is 28.8 Å². The van der Waals surface area contributed by atoms with E-state index in [1.165, 1.54) is 18.2 Å². The molecule has 0 aromatic heterocycles. The van der Waals surface area contributed by atoms with Gasteiger partial charge in [0.05, 0.1) is 19.1 Å². The van der Waals surface area contributed by atoms with Gasteiger partial charge in [-0.1, -0.05) is 18.2 Å². The van der Waals surface area contributed by atoms with Crippen molar-refractivity contribution in [2.24, 2.45) is 0 Å². The van der Waals surface area contributed by atoms with Crippen molar-refractivity contribution < 1.29 is 18.7 Å². The number of ether oxygens (including phenoxy) is 1. The number of para-hydroxylation sites is 1. The summed E-state index contributed by atoms with van der Waals surface area (Å²) in [5.41, 5.74) is 1.14. The van der Waals surface area contributed by atoms with Crippen molar-refractivity contribution in [1.82, 2.24) is 10.2 Å². The SMILES string of the molecule is COc1ccccc1CC(=O)N1CCC(NC(=O)c2cc(F)ccc2Br)CC1. The van der Waals surface area contributed by atoms with E-state index in [0.717, 1.165) is 5.56 Å². The molecule has 148 valence electrons. The van der Waals surface area contributed by atoms with Gasteiger partial charge in [-0.15, -0.1) is 0 Å². The number of rotatable bonds is 5. The summed E-state index contributed by atoms with van der Waals surface area (Å²) in [5, 5.41) is 2.94. The van der Waals surface area contributed by atoms with Gasteiger partial charge in [-0.05, 0) is 53.0 Å². The Kier molecular flexibility index (Phi) is 6.67. The lowest BCUT2D eigenvalue weighted by Crippen LogP contribution is -2.47. The molecule has 0 atom stereocenters. The zero-order valence-electron chi connectivity index (χ0n) is 15.6. The molecule has 1 N–H and O–H groups in total. The first kappa shape index (κ1) is 20.3. The summed E-state index contributed by atoms with van der Waals surface area (Å²) in [7, 11) is 1.59. The Balaban J connectivity index is 1.53. The molecular weight excluding hydrogens is 427 g/mol. The van der Waals surface area contributed by atoms with E-state index in [1.807, 2.05) is 29.2 Å². The molecule has 1 aliphatic heterocycles. The van der Waals surface area contributed by atoms with E-state index < -0.39 is 5.82 Å². The van der Waals surface area contributed by atoms with E-state index in [1.54, 1.807) is 7.11 Å². The number of halogens is 2. The summed E-state index contributed by atoms with van der Waals surface area (Å²) >= 11 is 3.28. The van der Waals surface area contributed by atoms with Crippen molar-refractivity contribution in [3.63, 3.8) is 0 Å². The molecule has 1 heterocycles. The highest BCUT2D eigenvalue weighted by atomic mass is 79.9. The Hall–Kier alpha value is -2.41. The van der Waals surface area contributed by atoms with Crippen molar-refractivity contribution in [3.05, 3.63) is 63.9 Å². The highest BCUT2D eigenvalue weighted by Gasteiger charge is 2.25. The van der Waals surface area contributed by atoms with E-state index in [0.29, 0.717) is 36.2 Å². The third-order valence-electron chi connectivity index (χ3n) is 4.89. The third kappa shape index (κ3) is 4.90. The summed E-state index contributed by atoms with van der Waals surface area (Å²) in [6.07, 6.45) is 1.62. The number of nitrogens with one attached hydrogen (secondary N) is 1. The number of amides is 2. The average molecular weight is 449 g/mol. The molecule has 0 saturated carbocycles. The Morgan fingerprint density at radius 3 is 2.64 bits per heavy atom. The lowest BCUT2D eigenvalue weighted by molar-refractivity contribution is -0.131. The summed E-state index contributed by atoms with van der Waals surface area (Å²) < 4.78 is 19.3. The molecule has 0 radical (unpaired) electrons. The fraction of sp³-hybridized carbons (Fsp3) is 0.333. The zero-order valence-corrected chi connectivity index (χ0v) is 17.2. The van der Waals surface area contributed by atoms with E-state index in [4.69, 9.17) is 4.74 Å². The maximum Gasteiger partial charge on any atom is 0.252 e. The Morgan fingerprint density at radius 1 is 1.21 bits per heavy atom.